The van der Waals surface area contributed by atoms with Crippen molar-refractivity contribution in [3.05, 3.63) is 22.4 Å². The van der Waals surface area contributed by atoms with Crippen LogP contribution in [-0.2, 0) is 15.9 Å². The zero-order valence-corrected chi connectivity index (χ0v) is 6.61. The Morgan fingerprint density at radius 1 is 1.60 bits per heavy atom. The van der Waals surface area contributed by atoms with E-state index in [-0.39, 0.29) is 0 Å². The van der Waals surface area contributed by atoms with Gasteiger partial charge in [-0.2, -0.15) is 11.3 Å². The molecule has 0 aliphatic rings. The monoisotopic (exact) mass is 177 g/mol. The maximum Gasteiger partial charge on any atom is 0.0988 e. The summed E-state index contributed by atoms with van der Waals surface area (Å²) < 4.78 is 30.4. The van der Waals surface area contributed by atoms with Gasteiger partial charge >= 0.3 is 0 Å². The minimum Gasteiger partial charge on any atom is -0.748 e. The average molecular weight is 177 g/mol. The number of hydrogen-bond donors (Lipinski definition) is 0. The minimum absolute atomic E-state index is 0.392. The third-order valence-electron chi connectivity index (χ3n) is 0.924. The van der Waals surface area contributed by atoms with Gasteiger partial charge in [0.25, 0.3) is 0 Å². The molecule has 5 heteroatoms. The summed E-state index contributed by atoms with van der Waals surface area (Å²) in [6.07, 6.45) is 0. The maximum atomic E-state index is 10.1. The van der Waals surface area contributed by atoms with Crippen LogP contribution in [0.2, 0.25) is 0 Å². The molecule has 1 heterocycles. The second-order valence-corrected chi connectivity index (χ2v) is 4.02. The molecular weight excluding hydrogens is 172 g/mol. The Morgan fingerprint density at radius 2 is 2.30 bits per heavy atom. The highest BCUT2D eigenvalue weighted by Gasteiger charge is 1.97. The van der Waals surface area contributed by atoms with E-state index >= 15 is 0 Å². The molecule has 0 saturated carbocycles. The Morgan fingerprint density at radius 3 is 2.70 bits per heavy atom. The molecule has 0 atom stereocenters. The minimum atomic E-state index is -4.09. The van der Waals surface area contributed by atoms with E-state index in [4.69, 9.17) is 0 Å². The molecule has 56 valence electrons. The molecule has 1 aromatic rings. The van der Waals surface area contributed by atoms with Gasteiger partial charge in [0.05, 0.1) is 15.9 Å². The van der Waals surface area contributed by atoms with Crippen molar-refractivity contribution in [3.63, 3.8) is 0 Å². The normalized spacial score (nSPS) is 11.7. The maximum absolute atomic E-state index is 10.1. The molecule has 0 radical (unpaired) electrons. The first kappa shape index (κ1) is 7.71. The number of rotatable bonds is 2. The van der Waals surface area contributed by atoms with Crippen LogP contribution in [0.5, 0.6) is 0 Å². The van der Waals surface area contributed by atoms with Gasteiger partial charge in [-0.15, -0.1) is 0 Å². The highest BCUT2D eigenvalue weighted by molar-refractivity contribution is 7.84. The molecule has 0 unspecified atom stereocenters. The van der Waals surface area contributed by atoms with Crippen LogP contribution in [-0.4, -0.2) is 13.0 Å². The Hall–Kier alpha value is -0.390. The smallest absolute Gasteiger partial charge is 0.0988 e. The van der Waals surface area contributed by atoms with Crippen molar-refractivity contribution in [2.24, 2.45) is 0 Å². The average Bonchev–Trinajstić information content (AvgIpc) is 2.12. The van der Waals surface area contributed by atoms with Gasteiger partial charge in [0, 0.05) is 0 Å². The van der Waals surface area contributed by atoms with Crippen LogP contribution >= 0.6 is 11.3 Å². The van der Waals surface area contributed by atoms with E-state index in [0.29, 0.717) is 5.56 Å². The van der Waals surface area contributed by atoms with Gasteiger partial charge in [-0.3, -0.25) is 0 Å². The first-order chi connectivity index (χ1) is 4.58. The fraction of sp³-hybridized carbons (Fsp3) is 0.200. The molecule has 3 nitrogen and oxygen atoms in total. The lowest BCUT2D eigenvalue weighted by molar-refractivity contribution is 0.462. The first-order valence-electron chi connectivity index (χ1n) is 2.52. The van der Waals surface area contributed by atoms with Crippen molar-refractivity contribution in [1.29, 1.82) is 0 Å². The van der Waals surface area contributed by atoms with Crippen LogP contribution < -0.4 is 0 Å². The summed E-state index contributed by atoms with van der Waals surface area (Å²) in [7, 11) is -4.09. The van der Waals surface area contributed by atoms with E-state index in [2.05, 4.69) is 0 Å². The van der Waals surface area contributed by atoms with E-state index in [9.17, 15) is 13.0 Å². The third-order valence-corrected chi connectivity index (χ3v) is 2.34. The molecule has 0 saturated heterocycles. The lowest BCUT2D eigenvalue weighted by Gasteiger charge is -2.02. The van der Waals surface area contributed by atoms with Crippen LogP contribution in [0.1, 0.15) is 5.56 Å². The van der Waals surface area contributed by atoms with Crippen molar-refractivity contribution in [1.82, 2.24) is 0 Å². The number of hydrogen-bond acceptors (Lipinski definition) is 4. The molecular formula is C5H5O3S2-. The molecule has 0 spiro atoms. The van der Waals surface area contributed by atoms with Crippen LogP contribution in [0.4, 0.5) is 0 Å². The fourth-order valence-electron chi connectivity index (χ4n) is 0.579. The molecule has 1 rings (SSSR count). The topological polar surface area (TPSA) is 57.2 Å². The van der Waals surface area contributed by atoms with Crippen molar-refractivity contribution in [2.45, 2.75) is 5.75 Å². The molecule has 1 aromatic heterocycles. The molecule has 0 amide bonds. The first-order valence-corrected chi connectivity index (χ1v) is 5.04. The molecule has 0 bridgehead atoms. The van der Waals surface area contributed by atoms with Crippen molar-refractivity contribution in [3.8, 4) is 0 Å². The van der Waals surface area contributed by atoms with Crippen LogP contribution in [0.15, 0.2) is 16.8 Å². The number of thiophene rings is 1. The van der Waals surface area contributed by atoms with Gasteiger partial charge in [0.2, 0.25) is 0 Å². The quantitative estimate of drug-likeness (QED) is 0.627. The Bertz CT molecular complexity index is 285. The molecule has 0 aromatic carbocycles. The lowest BCUT2D eigenvalue weighted by atomic mass is 10.4. The zero-order chi connectivity index (χ0) is 7.61. The molecule has 0 N–H and O–H groups in total. The zero-order valence-electron chi connectivity index (χ0n) is 4.98. The standard InChI is InChI=1S/C5H6O3S2/c6-10(7,8)4-5-1-2-9-3-5/h1-3H,4H2,(H,6,7,8)/p-1. The van der Waals surface area contributed by atoms with E-state index < -0.39 is 15.9 Å². The summed E-state index contributed by atoms with van der Waals surface area (Å²) in [6.45, 7) is 0. The van der Waals surface area contributed by atoms with Crippen molar-refractivity contribution < 1.29 is 13.0 Å². The summed E-state index contributed by atoms with van der Waals surface area (Å²) in [6, 6.07) is 1.63. The van der Waals surface area contributed by atoms with Crippen molar-refractivity contribution >= 4 is 21.5 Å². The van der Waals surface area contributed by atoms with E-state index in [1.165, 1.54) is 11.3 Å². The lowest BCUT2D eigenvalue weighted by Crippen LogP contribution is -2.00. The summed E-state index contributed by atoms with van der Waals surface area (Å²) in [5.74, 6) is -0.392. The summed E-state index contributed by atoms with van der Waals surface area (Å²) in [5, 5.41) is 3.38. The summed E-state index contributed by atoms with van der Waals surface area (Å²) in [4.78, 5) is 0. The van der Waals surface area contributed by atoms with E-state index in [1.807, 2.05) is 0 Å². The fourth-order valence-corrected chi connectivity index (χ4v) is 1.94. The molecule has 0 aliphatic heterocycles. The third kappa shape index (κ3) is 2.47. The van der Waals surface area contributed by atoms with Gasteiger partial charge in [0.1, 0.15) is 0 Å². The second-order valence-electron chi connectivity index (χ2n) is 1.83. The van der Waals surface area contributed by atoms with Crippen molar-refractivity contribution in [2.75, 3.05) is 0 Å². The molecule has 10 heavy (non-hydrogen) atoms. The summed E-state index contributed by atoms with van der Waals surface area (Å²) in [5.41, 5.74) is 0.569. The van der Waals surface area contributed by atoms with Gasteiger partial charge < -0.3 is 4.55 Å². The summed E-state index contributed by atoms with van der Waals surface area (Å²) >= 11 is 1.38. The van der Waals surface area contributed by atoms with Gasteiger partial charge in [-0.1, -0.05) is 0 Å². The van der Waals surface area contributed by atoms with Gasteiger partial charge in [-0.25, -0.2) is 8.42 Å². The van der Waals surface area contributed by atoms with Gasteiger partial charge in [-0.05, 0) is 22.4 Å². The van der Waals surface area contributed by atoms with E-state index in [0.717, 1.165) is 0 Å². The predicted octanol–water partition coefficient (Wildman–Crippen LogP) is 0.793. The van der Waals surface area contributed by atoms with Gasteiger partial charge in [0.15, 0.2) is 0 Å². The largest absolute Gasteiger partial charge is 0.748 e. The highest BCUT2D eigenvalue weighted by atomic mass is 32.2. The molecule has 0 aliphatic carbocycles. The highest BCUT2D eigenvalue weighted by Crippen LogP contribution is 2.08. The van der Waals surface area contributed by atoms with Crippen LogP contribution in [0.3, 0.4) is 0 Å². The Labute approximate surface area is 63.1 Å². The predicted molar refractivity (Wildman–Crippen MR) is 37.7 cm³/mol. The molecule has 0 fully saturated rings. The van der Waals surface area contributed by atoms with Crippen LogP contribution in [0.25, 0.3) is 0 Å². The van der Waals surface area contributed by atoms with Crippen LogP contribution in [0, 0.1) is 0 Å². The van der Waals surface area contributed by atoms with E-state index in [1.54, 1.807) is 16.8 Å². The Kier molecular flexibility index (Phi) is 2.08. The second kappa shape index (κ2) is 2.69. The SMILES string of the molecule is O=S(=O)([O-])Cc1ccsc1. The Balaban J connectivity index is 2.75.